The zero-order chi connectivity index (χ0) is 24.8. The molecule has 0 unspecified atom stereocenters. The number of hydrogen-bond donors (Lipinski definition) is 2. The Morgan fingerprint density at radius 2 is 1.88 bits per heavy atom. The van der Waals surface area contributed by atoms with Crippen molar-refractivity contribution >= 4 is 29.5 Å². The predicted octanol–water partition coefficient (Wildman–Crippen LogP) is 4.09. The van der Waals surface area contributed by atoms with E-state index in [0.29, 0.717) is 19.3 Å². The van der Waals surface area contributed by atoms with Crippen LogP contribution < -0.4 is 0 Å². The zero-order valence-corrected chi connectivity index (χ0v) is 20.6. The highest BCUT2D eigenvalue weighted by molar-refractivity contribution is 7.96. The second kappa shape index (κ2) is 7.48. The molecule has 0 spiro atoms. The van der Waals surface area contributed by atoms with E-state index in [1.54, 1.807) is 20.8 Å². The molecule has 8 heteroatoms. The van der Waals surface area contributed by atoms with Crippen molar-refractivity contribution in [3.05, 3.63) is 23.8 Å². The Hall–Kier alpha value is -1.54. The summed E-state index contributed by atoms with van der Waals surface area (Å²) in [4.78, 5) is 38.0. The molecule has 5 rings (SSSR count). The Morgan fingerprint density at radius 3 is 2.47 bits per heavy atom. The lowest BCUT2D eigenvalue weighted by molar-refractivity contribution is -0.230. The van der Waals surface area contributed by atoms with Crippen LogP contribution >= 0.6 is 12.6 Å². The van der Waals surface area contributed by atoms with E-state index in [4.69, 9.17) is 4.74 Å². The van der Waals surface area contributed by atoms with Crippen molar-refractivity contribution < 1.29 is 33.0 Å². The first-order valence-electron chi connectivity index (χ1n) is 12.3. The minimum Gasteiger partial charge on any atom is -0.449 e. The number of carbonyl (C=O) groups is 3. The van der Waals surface area contributed by atoms with Gasteiger partial charge in [0.15, 0.2) is 17.1 Å². The molecule has 0 aromatic rings. The van der Waals surface area contributed by atoms with Gasteiger partial charge < -0.3 is 9.84 Å². The maximum absolute atomic E-state index is 17.2. The molecular weight excluding hydrogens is 462 g/mol. The lowest BCUT2D eigenvalue weighted by Gasteiger charge is -2.63. The van der Waals surface area contributed by atoms with Crippen LogP contribution in [0.25, 0.3) is 0 Å². The van der Waals surface area contributed by atoms with Gasteiger partial charge in [0.05, 0.1) is 12.0 Å². The van der Waals surface area contributed by atoms with Crippen LogP contribution in [0.3, 0.4) is 0 Å². The third-order valence-electron chi connectivity index (χ3n) is 10.2. The molecule has 0 aliphatic heterocycles. The van der Waals surface area contributed by atoms with Crippen LogP contribution in [0.5, 0.6) is 0 Å². The summed E-state index contributed by atoms with van der Waals surface area (Å²) in [5.41, 5.74) is -6.42. The third kappa shape index (κ3) is 2.73. The predicted molar refractivity (Wildman–Crippen MR) is 123 cm³/mol. The number of esters is 1. The van der Waals surface area contributed by atoms with Crippen molar-refractivity contribution in [1.29, 1.82) is 0 Å². The summed E-state index contributed by atoms with van der Waals surface area (Å²) in [6.45, 7) is 5.09. The van der Waals surface area contributed by atoms with Gasteiger partial charge >= 0.3 is 5.97 Å². The summed E-state index contributed by atoms with van der Waals surface area (Å²) in [6.07, 6.45) is 2.98. The molecular formula is C26H32F2O5S. The Bertz CT molecular complexity index is 1020. The summed E-state index contributed by atoms with van der Waals surface area (Å²) in [7, 11) is 0. The molecule has 186 valence electrons. The van der Waals surface area contributed by atoms with E-state index in [-0.39, 0.29) is 24.3 Å². The van der Waals surface area contributed by atoms with E-state index in [9.17, 15) is 19.5 Å². The second-order valence-electron chi connectivity index (χ2n) is 11.6. The maximum atomic E-state index is 17.2. The Labute approximate surface area is 203 Å². The summed E-state index contributed by atoms with van der Waals surface area (Å²) in [5.74, 6) is -3.05. The number of aliphatic hydroxyl groups excluding tert-OH is 1. The van der Waals surface area contributed by atoms with Crippen LogP contribution in [0.1, 0.15) is 59.3 Å². The van der Waals surface area contributed by atoms with Crippen LogP contribution in [-0.4, -0.2) is 45.5 Å². The molecule has 5 nitrogen and oxygen atoms in total. The fourth-order valence-corrected chi connectivity index (χ4v) is 8.65. The molecule has 0 aromatic heterocycles. The SMILES string of the molecule is C[C@@H]1C[C@H]2[C@@H]3C[C@H](F)C4=CC(=O)C=C[C@]4(C)[C@@]3(F)[C@@H](O)C[C@]2(C)[C@]1(OC(=O)C1CCC1)C(=O)S. The highest BCUT2D eigenvalue weighted by Gasteiger charge is 2.78. The normalized spacial score (nSPS) is 49.9. The van der Waals surface area contributed by atoms with E-state index in [1.807, 2.05) is 0 Å². The molecule has 34 heavy (non-hydrogen) atoms. The van der Waals surface area contributed by atoms with Gasteiger partial charge in [0.2, 0.25) is 5.12 Å². The maximum Gasteiger partial charge on any atom is 0.309 e. The van der Waals surface area contributed by atoms with Crippen molar-refractivity contribution in [2.45, 2.75) is 82.8 Å². The van der Waals surface area contributed by atoms with Crippen molar-refractivity contribution in [1.82, 2.24) is 0 Å². The van der Waals surface area contributed by atoms with Gasteiger partial charge in [-0.25, -0.2) is 8.78 Å². The minimum atomic E-state index is -2.24. The van der Waals surface area contributed by atoms with Gasteiger partial charge in [0.25, 0.3) is 0 Å². The number of alkyl halides is 2. The number of ether oxygens (including phenoxy) is 1. The molecule has 0 radical (unpaired) electrons. The molecule has 0 heterocycles. The van der Waals surface area contributed by atoms with E-state index in [1.165, 1.54) is 12.2 Å². The van der Waals surface area contributed by atoms with Gasteiger partial charge in [-0.3, -0.25) is 14.4 Å². The number of ketones is 1. The third-order valence-corrected chi connectivity index (χ3v) is 10.5. The number of allylic oxidation sites excluding steroid dienone is 4. The van der Waals surface area contributed by atoms with E-state index >= 15 is 8.78 Å². The summed E-state index contributed by atoms with van der Waals surface area (Å²) in [5, 5.41) is 10.8. The second-order valence-corrected chi connectivity index (χ2v) is 12.0. The fraction of sp³-hybridized carbons (Fsp3) is 0.731. The van der Waals surface area contributed by atoms with Crippen molar-refractivity contribution in [2.75, 3.05) is 0 Å². The first-order chi connectivity index (χ1) is 15.8. The molecule has 1 N–H and O–H groups in total. The number of halogens is 2. The number of aliphatic hydroxyl groups is 1. The van der Waals surface area contributed by atoms with E-state index in [0.717, 1.165) is 12.5 Å². The van der Waals surface area contributed by atoms with Crippen LogP contribution in [-0.2, 0) is 19.1 Å². The van der Waals surface area contributed by atoms with Crippen LogP contribution in [0.15, 0.2) is 23.8 Å². The Morgan fingerprint density at radius 1 is 1.21 bits per heavy atom. The lowest BCUT2D eigenvalue weighted by atomic mass is 9.44. The zero-order valence-electron chi connectivity index (χ0n) is 19.7. The van der Waals surface area contributed by atoms with Gasteiger partial charge in [0, 0.05) is 22.7 Å². The topological polar surface area (TPSA) is 80.7 Å². The standard InChI is InChI=1S/C26H32F2O5S/c1-13-9-16-17-11-19(27)18-10-15(29)7-8-23(18,2)25(17,28)20(30)12-24(16,3)26(13,22(32)34)33-21(31)14-5-4-6-14/h7-8,10,13-14,16-17,19-20,30H,4-6,9,11-12H2,1-3H3,(H,32,34)/t13-,16+,17+,19+,20+,23+,24+,25+,26-/m1/s1. The van der Waals surface area contributed by atoms with Gasteiger partial charge in [-0.2, -0.15) is 0 Å². The van der Waals surface area contributed by atoms with Crippen molar-refractivity contribution in [3.8, 4) is 0 Å². The molecule has 0 amide bonds. The first-order valence-corrected chi connectivity index (χ1v) is 12.7. The van der Waals surface area contributed by atoms with Gasteiger partial charge in [0.1, 0.15) is 6.17 Å². The molecule has 4 saturated carbocycles. The molecule has 0 aromatic carbocycles. The monoisotopic (exact) mass is 494 g/mol. The fourth-order valence-electron chi connectivity index (χ4n) is 8.13. The van der Waals surface area contributed by atoms with Gasteiger partial charge in [-0.05, 0) is 62.7 Å². The smallest absolute Gasteiger partial charge is 0.309 e. The average Bonchev–Trinajstić information content (AvgIpc) is 2.92. The Balaban J connectivity index is 1.61. The van der Waals surface area contributed by atoms with E-state index < -0.39 is 69.0 Å². The van der Waals surface area contributed by atoms with Crippen molar-refractivity contribution in [2.24, 2.45) is 34.5 Å². The molecule has 5 aliphatic carbocycles. The number of hydrogen-bond acceptors (Lipinski definition) is 5. The molecule has 0 bridgehead atoms. The highest BCUT2D eigenvalue weighted by Crippen LogP contribution is 2.71. The number of thiol groups is 1. The summed E-state index contributed by atoms with van der Waals surface area (Å²) < 4.78 is 38.8. The largest absolute Gasteiger partial charge is 0.449 e. The molecule has 9 atom stereocenters. The molecule has 5 aliphatic rings. The number of rotatable bonds is 3. The van der Waals surface area contributed by atoms with E-state index in [2.05, 4.69) is 12.6 Å². The van der Waals surface area contributed by atoms with Gasteiger partial charge in [-0.15, -0.1) is 12.6 Å². The van der Waals surface area contributed by atoms with Crippen LogP contribution in [0.2, 0.25) is 0 Å². The lowest BCUT2D eigenvalue weighted by Crippen LogP contribution is -2.70. The quantitative estimate of drug-likeness (QED) is 0.456. The summed E-state index contributed by atoms with van der Waals surface area (Å²) >= 11 is 4.16. The first kappa shape index (κ1) is 24.2. The molecule has 0 saturated heterocycles. The average molecular weight is 495 g/mol. The molecule has 4 fully saturated rings. The number of carbonyl (C=O) groups excluding carboxylic acids is 3. The summed E-state index contributed by atoms with van der Waals surface area (Å²) in [6, 6.07) is 0. The minimum absolute atomic E-state index is 0.0559. The van der Waals surface area contributed by atoms with Crippen molar-refractivity contribution in [3.63, 3.8) is 0 Å². The highest BCUT2D eigenvalue weighted by atomic mass is 32.1. The van der Waals surface area contributed by atoms with Crippen LogP contribution in [0.4, 0.5) is 8.78 Å². The van der Waals surface area contributed by atoms with Gasteiger partial charge in [-0.1, -0.05) is 26.3 Å². The Kier molecular flexibility index (Phi) is 5.32. The number of fused-ring (bicyclic) bond motifs is 5. The van der Waals surface area contributed by atoms with Crippen LogP contribution in [0, 0.1) is 34.5 Å².